The van der Waals surface area contributed by atoms with Gasteiger partial charge in [0.1, 0.15) is 12.4 Å². The third-order valence-corrected chi connectivity index (χ3v) is 5.12. The van der Waals surface area contributed by atoms with Crippen LogP contribution < -0.4 is 10.1 Å². The zero-order chi connectivity index (χ0) is 19.8. The SMILES string of the molecule is CCNC(=O)[C@H](C)Sc1nnc(COc2ccc(CC)cc2)n1CC(C)C. The molecule has 0 bridgehead atoms. The van der Waals surface area contributed by atoms with Gasteiger partial charge in [0.25, 0.3) is 0 Å². The highest BCUT2D eigenvalue weighted by Gasteiger charge is 2.20. The molecule has 0 saturated heterocycles. The van der Waals surface area contributed by atoms with Crippen LogP contribution >= 0.6 is 11.8 Å². The molecule has 0 fully saturated rings. The van der Waals surface area contributed by atoms with Crippen molar-refractivity contribution in [3.05, 3.63) is 35.7 Å². The molecule has 1 aromatic heterocycles. The summed E-state index contributed by atoms with van der Waals surface area (Å²) in [4.78, 5) is 12.0. The van der Waals surface area contributed by atoms with E-state index in [0.29, 0.717) is 19.1 Å². The molecular weight excluding hydrogens is 360 g/mol. The van der Waals surface area contributed by atoms with Crippen molar-refractivity contribution in [1.82, 2.24) is 20.1 Å². The van der Waals surface area contributed by atoms with Crippen LogP contribution in [0.25, 0.3) is 0 Å². The average molecular weight is 391 g/mol. The van der Waals surface area contributed by atoms with Crippen molar-refractivity contribution in [3.63, 3.8) is 0 Å². The maximum absolute atomic E-state index is 12.0. The van der Waals surface area contributed by atoms with Gasteiger partial charge in [0.2, 0.25) is 5.91 Å². The molecule has 27 heavy (non-hydrogen) atoms. The van der Waals surface area contributed by atoms with Crippen LogP contribution in [0, 0.1) is 5.92 Å². The smallest absolute Gasteiger partial charge is 0.233 e. The van der Waals surface area contributed by atoms with Crippen LogP contribution in [0.1, 0.15) is 46.0 Å². The molecule has 2 aromatic rings. The van der Waals surface area contributed by atoms with Gasteiger partial charge in [0.15, 0.2) is 11.0 Å². The van der Waals surface area contributed by atoms with E-state index in [2.05, 4.69) is 53.0 Å². The van der Waals surface area contributed by atoms with Crippen molar-refractivity contribution in [2.45, 2.75) is 64.6 Å². The molecule has 1 N–H and O–H groups in total. The Balaban J connectivity index is 2.10. The minimum Gasteiger partial charge on any atom is -0.486 e. The molecule has 0 radical (unpaired) electrons. The van der Waals surface area contributed by atoms with Gasteiger partial charge in [-0.2, -0.15) is 0 Å². The lowest BCUT2D eigenvalue weighted by Crippen LogP contribution is -2.30. The predicted octanol–water partition coefficient (Wildman–Crippen LogP) is 3.69. The highest BCUT2D eigenvalue weighted by atomic mass is 32.2. The first-order valence-corrected chi connectivity index (χ1v) is 10.4. The highest BCUT2D eigenvalue weighted by molar-refractivity contribution is 8.00. The van der Waals surface area contributed by atoms with Gasteiger partial charge in [-0.1, -0.05) is 44.7 Å². The lowest BCUT2D eigenvalue weighted by atomic mass is 10.2. The van der Waals surface area contributed by atoms with Crippen molar-refractivity contribution >= 4 is 17.7 Å². The molecule has 0 aliphatic heterocycles. The summed E-state index contributed by atoms with van der Waals surface area (Å²) in [5.41, 5.74) is 1.28. The van der Waals surface area contributed by atoms with E-state index in [0.717, 1.165) is 29.7 Å². The van der Waals surface area contributed by atoms with Gasteiger partial charge in [-0.25, -0.2) is 0 Å². The van der Waals surface area contributed by atoms with E-state index in [1.165, 1.54) is 17.3 Å². The van der Waals surface area contributed by atoms with Crippen LogP contribution in [-0.2, 0) is 24.4 Å². The molecule has 6 nitrogen and oxygen atoms in total. The molecule has 2 rings (SSSR count). The monoisotopic (exact) mass is 390 g/mol. The molecule has 148 valence electrons. The lowest BCUT2D eigenvalue weighted by Gasteiger charge is -2.15. The molecule has 0 saturated carbocycles. The summed E-state index contributed by atoms with van der Waals surface area (Å²) < 4.78 is 7.97. The fourth-order valence-electron chi connectivity index (χ4n) is 2.56. The summed E-state index contributed by atoms with van der Waals surface area (Å²) in [6, 6.07) is 8.11. The number of amides is 1. The quantitative estimate of drug-likeness (QED) is 0.627. The number of benzene rings is 1. The van der Waals surface area contributed by atoms with E-state index in [4.69, 9.17) is 4.74 Å². The Morgan fingerprint density at radius 3 is 2.48 bits per heavy atom. The Hall–Kier alpha value is -2.02. The number of carbonyl (C=O) groups is 1. The third kappa shape index (κ3) is 6.27. The van der Waals surface area contributed by atoms with Crippen molar-refractivity contribution in [2.24, 2.45) is 5.92 Å². The summed E-state index contributed by atoms with van der Waals surface area (Å²) in [7, 11) is 0. The van der Waals surface area contributed by atoms with E-state index in [9.17, 15) is 4.79 Å². The van der Waals surface area contributed by atoms with Crippen LogP contribution in [0.2, 0.25) is 0 Å². The first-order valence-electron chi connectivity index (χ1n) is 9.52. The number of aryl methyl sites for hydroxylation is 1. The molecule has 0 aliphatic carbocycles. The largest absolute Gasteiger partial charge is 0.486 e. The number of thioether (sulfide) groups is 1. The minimum atomic E-state index is -0.226. The van der Waals surface area contributed by atoms with Crippen LogP contribution in [0.3, 0.4) is 0 Å². The first-order chi connectivity index (χ1) is 12.9. The summed E-state index contributed by atoms with van der Waals surface area (Å²) in [5.74, 6) is 2.03. The van der Waals surface area contributed by atoms with E-state index in [-0.39, 0.29) is 11.2 Å². The van der Waals surface area contributed by atoms with Crippen LogP contribution in [0.15, 0.2) is 29.4 Å². The number of hydrogen-bond acceptors (Lipinski definition) is 5. The van der Waals surface area contributed by atoms with E-state index < -0.39 is 0 Å². The summed E-state index contributed by atoms with van der Waals surface area (Å²) in [6.45, 7) is 12.0. The molecule has 1 aromatic carbocycles. The number of carbonyl (C=O) groups excluding carboxylic acids is 1. The van der Waals surface area contributed by atoms with Gasteiger partial charge in [0.05, 0.1) is 5.25 Å². The topological polar surface area (TPSA) is 69.0 Å². The van der Waals surface area contributed by atoms with Crippen LogP contribution in [0.5, 0.6) is 5.75 Å². The van der Waals surface area contributed by atoms with Crippen molar-refractivity contribution < 1.29 is 9.53 Å². The van der Waals surface area contributed by atoms with E-state index >= 15 is 0 Å². The highest BCUT2D eigenvalue weighted by Crippen LogP contribution is 2.24. The van der Waals surface area contributed by atoms with Gasteiger partial charge >= 0.3 is 0 Å². The van der Waals surface area contributed by atoms with Gasteiger partial charge in [-0.05, 0) is 43.9 Å². The first kappa shape index (κ1) is 21.3. The van der Waals surface area contributed by atoms with Crippen molar-refractivity contribution in [1.29, 1.82) is 0 Å². The van der Waals surface area contributed by atoms with Gasteiger partial charge < -0.3 is 14.6 Å². The van der Waals surface area contributed by atoms with Crippen LogP contribution in [0.4, 0.5) is 0 Å². The molecule has 1 heterocycles. The molecule has 1 atom stereocenters. The van der Waals surface area contributed by atoms with Gasteiger partial charge in [-0.15, -0.1) is 10.2 Å². The summed E-state index contributed by atoms with van der Waals surface area (Å²) in [6.07, 6.45) is 1.01. The zero-order valence-corrected chi connectivity index (χ0v) is 17.7. The summed E-state index contributed by atoms with van der Waals surface area (Å²) in [5, 5.41) is 12.0. The molecule has 0 unspecified atom stereocenters. The Labute approximate surface area is 166 Å². The predicted molar refractivity (Wildman–Crippen MR) is 109 cm³/mol. The number of nitrogens with zero attached hydrogens (tertiary/aromatic N) is 3. The number of aromatic nitrogens is 3. The molecule has 1 amide bonds. The summed E-state index contributed by atoms with van der Waals surface area (Å²) >= 11 is 1.43. The fraction of sp³-hybridized carbons (Fsp3) is 0.550. The van der Waals surface area contributed by atoms with E-state index in [1.807, 2.05) is 26.0 Å². The maximum Gasteiger partial charge on any atom is 0.233 e. The van der Waals surface area contributed by atoms with Gasteiger partial charge in [-0.3, -0.25) is 4.79 Å². The lowest BCUT2D eigenvalue weighted by molar-refractivity contribution is -0.120. The Morgan fingerprint density at radius 1 is 1.19 bits per heavy atom. The Kier molecular flexibility index (Phi) is 8.16. The number of rotatable bonds is 10. The number of nitrogens with one attached hydrogen (secondary N) is 1. The molecule has 0 spiro atoms. The second-order valence-electron chi connectivity index (χ2n) is 6.84. The third-order valence-electron chi connectivity index (χ3n) is 4.04. The number of ether oxygens (including phenoxy) is 1. The second-order valence-corrected chi connectivity index (χ2v) is 8.15. The van der Waals surface area contributed by atoms with E-state index in [1.54, 1.807) is 0 Å². The maximum atomic E-state index is 12.0. The van der Waals surface area contributed by atoms with Crippen molar-refractivity contribution in [2.75, 3.05) is 6.54 Å². The minimum absolute atomic E-state index is 0.00964. The zero-order valence-electron chi connectivity index (χ0n) is 16.9. The molecule has 7 heteroatoms. The fourth-order valence-corrected chi connectivity index (χ4v) is 3.46. The van der Waals surface area contributed by atoms with Crippen molar-refractivity contribution in [3.8, 4) is 5.75 Å². The second kappa shape index (κ2) is 10.3. The molecule has 0 aliphatic rings. The van der Waals surface area contributed by atoms with Crippen LogP contribution in [-0.4, -0.2) is 32.5 Å². The molecular formula is C20H30N4O2S. The van der Waals surface area contributed by atoms with Gasteiger partial charge in [0, 0.05) is 13.1 Å². The standard InChI is InChI=1S/C20H30N4O2S/c1-6-16-8-10-17(11-9-16)26-13-18-22-23-20(24(18)12-14(3)4)27-15(5)19(25)21-7-2/h8-11,14-15H,6-7,12-13H2,1-5H3,(H,21,25)/t15-/m0/s1. The normalized spacial score (nSPS) is 12.2. The Morgan fingerprint density at radius 2 is 1.89 bits per heavy atom. The Bertz CT molecular complexity index is 728. The average Bonchev–Trinajstić information content (AvgIpc) is 3.01. The number of hydrogen-bond donors (Lipinski definition) is 1.